The predicted molar refractivity (Wildman–Crippen MR) is 115 cm³/mol. The second-order valence-electron chi connectivity index (χ2n) is 5.79. The highest BCUT2D eigenvalue weighted by atomic mass is 35.5. The number of rotatable bonds is 5. The number of benzene rings is 1. The van der Waals surface area contributed by atoms with Crippen molar-refractivity contribution in [3.05, 3.63) is 41.4 Å². The summed E-state index contributed by atoms with van der Waals surface area (Å²) in [6, 6.07) is 7.64. The molecule has 0 aliphatic rings. The molecule has 0 unspecified atom stereocenters. The van der Waals surface area contributed by atoms with Gasteiger partial charge in [-0.05, 0) is 29.7 Å². The first-order valence-electron chi connectivity index (χ1n) is 8.28. The van der Waals surface area contributed by atoms with Gasteiger partial charge in [0.05, 0.1) is 7.11 Å². The van der Waals surface area contributed by atoms with E-state index in [-0.39, 0.29) is 21.6 Å². The van der Waals surface area contributed by atoms with Gasteiger partial charge < -0.3 is 10.1 Å². The number of anilines is 2. The van der Waals surface area contributed by atoms with Crippen molar-refractivity contribution in [1.82, 2.24) is 15.0 Å². The number of hydrogen-bond acceptors (Lipinski definition) is 7. The molecular weight excluding hydrogens is 454 g/mol. The van der Waals surface area contributed by atoms with Crippen molar-refractivity contribution in [3.8, 4) is 5.75 Å². The number of hydrogen-bond donors (Lipinski definition) is 4. The number of nitrogens with one attached hydrogen (secondary N) is 4. The molecule has 0 saturated heterocycles. The van der Waals surface area contributed by atoms with Crippen molar-refractivity contribution in [2.24, 2.45) is 0 Å². The predicted octanol–water partition coefficient (Wildman–Crippen LogP) is 3.22. The number of carbonyl (C=O) groups excluding carboxylic acids is 2. The lowest BCUT2D eigenvalue weighted by Crippen LogP contribution is -2.34. The molecule has 10 nitrogen and oxygen atoms in total. The minimum absolute atomic E-state index is 0.0309. The summed E-state index contributed by atoms with van der Waals surface area (Å²) in [5, 5.41) is 8.22. The van der Waals surface area contributed by atoms with Crippen molar-refractivity contribution in [1.29, 1.82) is 0 Å². The molecule has 13 heteroatoms. The zero-order valence-corrected chi connectivity index (χ0v) is 18.0. The maximum atomic E-state index is 12.6. The van der Waals surface area contributed by atoms with E-state index in [2.05, 4.69) is 20.9 Å². The summed E-state index contributed by atoms with van der Waals surface area (Å²) >= 11 is 6.92. The quantitative estimate of drug-likeness (QED) is 0.452. The average Bonchev–Trinajstić information content (AvgIpc) is 3.11. The molecule has 2 heterocycles. The Kier molecular flexibility index (Phi) is 6.29. The fraction of sp³-hybridized carbons (Fsp3) is 0.118. The number of halogens is 1. The summed E-state index contributed by atoms with van der Waals surface area (Å²) in [6.45, 7) is 0. The lowest BCUT2D eigenvalue weighted by atomic mass is 10.3. The molecule has 0 bridgehead atoms. The number of thiophene rings is 1. The van der Waals surface area contributed by atoms with Gasteiger partial charge >= 0.3 is 12.1 Å². The first-order valence-corrected chi connectivity index (χ1v) is 11.0. The van der Waals surface area contributed by atoms with Crippen LogP contribution in [0.1, 0.15) is 0 Å². The fourth-order valence-electron chi connectivity index (χ4n) is 2.37. The molecule has 3 aromatic rings. The van der Waals surface area contributed by atoms with Gasteiger partial charge in [0.15, 0.2) is 0 Å². The smallest absolute Gasteiger partial charge is 0.334 e. The van der Waals surface area contributed by atoms with Gasteiger partial charge in [-0.2, -0.15) is 0 Å². The Morgan fingerprint density at radius 3 is 2.37 bits per heavy atom. The summed E-state index contributed by atoms with van der Waals surface area (Å²) in [5.74, 6) is 0.348. The summed E-state index contributed by atoms with van der Waals surface area (Å²) in [7, 11) is -1.31. The Morgan fingerprint density at radius 1 is 1.07 bits per heavy atom. The highest BCUT2D eigenvalue weighted by molar-refractivity contribution is 7.92. The molecule has 4 N–H and O–H groups in total. The number of aromatic nitrogens is 1. The first kappa shape index (κ1) is 21.6. The highest BCUT2D eigenvalue weighted by Gasteiger charge is 2.21. The SMILES string of the molecule is CNC(=O)Nc1cc(OC)cc(NC(=O)NS(=O)(=O)c2cc3cc(Cl)ccc3s2)n1. The fourth-order valence-corrected chi connectivity index (χ4v) is 4.83. The summed E-state index contributed by atoms with van der Waals surface area (Å²) < 4.78 is 32.8. The van der Waals surface area contributed by atoms with Crippen molar-refractivity contribution in [2.45, 2.75) is 4.21 Å². The van der Waals surface area contributed by atoms with E-state index in [0.717, 1.165) is 11.3 Å². The third-order valence-electron chi connectivity index (χ3n) is 3.69. The molecule has 1 aromatic carbocycles. The molecule has 0 saturated carbocycles. The number of pyridine rings is 1. The topological polar surface area (TPSA) is 139 Å². The van der Waals surface area contributed by atoms with Gasteiger partial charge in [-0.3, -0.25) is 10.6 Å². The Morgan fingerprint density at radius 2 is 1.73 bits per heavy atom. The van der Waals surface area contributed by atoms with E-state index in [1.165, 1.54) is 32.4 Å². The second kappa shape index (κ2) is 8.73. The van der Waals surface area contributed by atoms with Crippen molar-refractivity contribution < 1.29 is 22.7 Å². The number of amides is 4. The van der Waals surface area contributed by atoms with Crippen LogP contribution in [0.25, 0.3) is 10.1 Å². The van der Waals surface area contributed by atoms with Crippen molar-refractivity contribution in [3.63, 3.8) is 0 Å². The van der Waals surface area contributed by atoms with E-state index in [1.807, 2.05) is 4.72 Å². The Labute approximate surface area is 180 Å². The van der Waals surface area contributed by atoms with E-state index < -0.39 is 22.1 Å². The molecule has 4 amide bonds. The number of urea groups is 2. The number of nitrogens with zero attached hydrogens (tertiary/aromatic N) is 1. The van der Waals surface area contributed by atoms with Crippen molar-refractivity contribution in [2.75, 3.05) is 24.8 Å². The zero-order valence-electron chi connectivity index (χ0n) is 15.6. The summed E-state index contributed by atoms with van der Waals surface area (Å²) in [4.78, 5) is 27.8. The minimum Gasteiger partial charge on any atom is -0.496 e. The molecule has 3 rings (SSSR count). The second-order valence-corrected chi connectivity index (χ2v) is 9.22. The standard InChI is InChI=1S/C17H16ClN5O5S2/c1-19-16(24)21-13-7-11(28-2)8-14(20-13)22-17(25)23-30(26,27)15-6-9-5-10(18)3-4-12(9)29-15/h3-8H,1-2H3,(H4,19,20,21,22,23,24,25). The molecular formula is C17H16ClN5O5S2. The lowest BCUT2D eigenvalue weighted by molar-refractivity contribution is 0.253. The van der Waals surface area contributed by atoms with Gasteiger partial charge in [0.2, 0.25) is 0 Å². The van der Waals surface area contributed by atoms with Crippen LogP contribution in [0.3, 0.4) is 0 Å². The van der Waals surface area contributed by atoms with Gasteiger partial charge in [0.1, 0.15) is 21.6 Å². The first-order chi connectivity index (χ1) is 14.2. The Bertz CT molecular complexity index is 1230. The van der Waals surface area contributed by atoms with Gasteiger partial charge in [-0.1, -0.05) is 11.6 Å². The van der Waals surface area contributed by atoms with E-state index in [0.29, 0.717) is 15.1 Å². The monoisotopic (exact) mass is 469 g/mol. The Hall–Kier alpha value is -3.09. The molecule has 0 atom stereocenters. The maximum absolute atomic E-state index is 12.6. The Balaban J connectivity index is 1.78. The minimum atomic E-state index is -4.13. The van der Waals surface area contributed by atoms with Crippen LogP contribution in [-0.4, -0.2) is 39.6 Å². The van der Waals surface area contributed by atoms with Gasteiger partial charge in [-0.15, -0.1) is 11.3 Å². The third kappa shape index (κ3) is 5.09. The van der Waals surface area contributed by atoms with E-state index in [1.54, 1.807) is 18.2 Å². The number of methoxy groups -OCH3 is 1. The van der Waals surface area contributed by atoms with Gasteiger partial charge in [-0.25, -0.2) is 27.7 Å². The summed E-state index contributed by atoms with van der Waals surface area (Å²) in [6.07, 6.45) is 0. The van der Waals surface area contributed by atoms with Crippen LogP contribution in [0, 0.1) is 0 Å². The van der Waals surface area contributed by atoms with Crippen LogP contribution < -0.4 is 25.4 Å². The van der Waals surface area contributed by atoms with Crippen molar-refractivity contribution >= 4 is 66.7 Å². The van der Waals surface area contributed by atoms with Crippen LogP contribution in [0.2, 0.25) is 5.02 Å². The molecule has 2 aromatic heterocycles. The molecule has 0 fully saturated rings. The molecule has 0 radical (unpaired) electrons. The summed E-state index contributed by atoms with van der Waals surface area (Å²) in [5.41, 5.74) is 0. The lowest BCUT2D eigenvalue weighted by Gasteiger charge is -2.11. The van der Waals surface area contributed by atoms with Crippen LogP contribution in [-0.2, 0) is 10.0 Å². The van der Waals surface area contributed by atoms with Crippen LogP contribution in [0.15, 0.2) is 40.6 Å². The largest absolute Gasteiger partial charge is 0.496 e. The van der Waals surface area contributed by atoms with Gasteiger partial charge in [0.25, 0.3) is 10.0 Å². The molecule has 30 heavy (non-hydrogen) atoms. The van der Waals surface area contributed by atoms with Crippen LogP contribution >= 0.6 is 22.9 Å². The van der Waals surface area contributed by atoms with Crippen LogP contribution in [0.4, 0.5) is 21.2 Å². The third-order valence-corrected chi connectivity index (χ3v) is 6.85. The molecule has 0 aliphatic carbocycles. The molecule has 0 aliphatic heterocycles. The molecule has 158 valence electrons. The number of fused-ring (bicyclic) bond motifs is 1. The van der Waals surface area contributed by atoms with Crippen LogP contribution in [0.5, 0.6) is 5.75 Å². The van der Waals surface area contributed by atoms with E-state index in [4.69, 9.17) is 16.3 Å². The highest BCUT2D eigenvalue weighted by Crippen LogP contribution is 2.30. The number of sulfonamides is 1. The van der Waals surface area contributed by atoms with Gasteiger partial charge in [0, 0.05) is 28.9 Å². The molecule has 0 spiro atoms. The average molecular weight is 470 g/mol. The normalized spacial score (nSPS) is 11.0. The maximum Gasteiger partial charge on any atom is 0.334 e. The van der Waals surface area contributed by atoms with E-state index >= 15 is 0 Å². The van der Waals surface area contributed by atoms with E-state index in [9.17, 15) is 18.0 Å². The number of carbonyl (C=O) groups is 2. The number of ether oxygens (including phenoxy) is 1. The zero-order chi connectivity index (χ0) is 21.9.